The number of carbonyl (C=O) groups excluding carboxylic acids is 1. The Bertz CT molecular complexity index is 2410. The Labute approximate surface area is 319 Å². The second kappa shape index (κ2) is 15.6. The lowest BCUT2D eigenvalue weighted by Crippen LogP contribution is -2.32. The molecule has 0 aliphatic carbocycles. The molecule has 2 aliphatic heterocycles. The van der Waals surface area contributed by atoms with E-state index in [1.54, 1.807) is 6.07 Å². The number of hydrogen-bond donors (Lipinski definition) is 1. The number of halogens is 4. The lowest BCUT2D eigenvalue weighted by atomic mass is 9.91. The molecule has 14 heteroatoms. The number of oxazole rings is 2. The van der Waals surface area contributed by atoms with Crippen molar-refractivity contribution < 1.29 is 45.4 Å². The van der Waals surface area contributed by atoms with Gasteiger partial charge in [0.25, 0.3) is 0 Å². The van der Waals surface area contributed by atoms with Gasteiger partial charge in [-0.3, -0.25) is 9.69 Å². The first kappa shape index (κ1) is 37.5. The van der Waals surface area contributed by atoms with Gasteiger partial charge >= 0.3 is 19.2 Å². The summed E-state index contributed by atoms with van der Waals surface area (Å²) in [4.78, 5) is 24.3. The Kier molecular flexibility index (Phi) is 10.4. The quantitative estimate of drug-likeness (QED) is 0.0954. The summed E-state index contributed by atoms with van der Waals surface area (Å²) in [5.41, 5.74) is 7.21. The first-order valence-electron chi connectivity index (χ1n) is 18.6. The van der Waals surface area contributed by atoms with Crippen LogP contribution in [0.2, 0.25) is 0 Å². The lowest BCUT2D eigenvalue weighted by molar-refractivity contribution is -0.147. The maximum absolute atomic E-state index is 13.5. The van der Waals surface area contributed by atoms with Gasteiger partial charge in [0.1, 0.15) is 35.2 Å². The first-order chi connectivity index (χ1) is 27.0. The first-order valence-corrected chi connectivity index (χ1v) is 18.6. The van der Waals surface area contributed by atoms with E-state index in [1.165, 1.54) is 18.2 Å². The van der Waals surface area contributed by atoms with E-state index in [9.17, 15) is 22.4 Å². The van der Waals surface area contributed by atoms with Crippen LogP contribution in [0, 0.1) is 13.8 Å². The number of nitrogens with zero attached hydrogens (tertiary/aromatic N) is 3. The van der Waals surface area contributed by atoms with Gasteiger partial charge in [0.15, 0.2) is 11.2 Å². The summed E-state index contributed by atoms with van der Waals surface area (Å²) in [6.07, 6.45) is 3.59. The zero-order valence-electron chi connectivity index (χ0n) is 31.0. The number of rotatable bonds is 12. The average molecular weight is 773 g/mol. The maximum atomic E-state index is 13.5. The van der Waals surface area contributed by atoms with E-state index >= 15 is 0 Å². The highest BCUT2D eigenvalue weighted by atomic mass is 19.3. The molecule has 2 saturated heterocycles. The van der Waals surface area contributed by atoms with Crippen molar-refractivity contribution in [1.29, 1.82) is 0 Å². The summed E-state index contributed by atoms with van der Waals surface area (Å²) in [5, 5.41) is 3.06. The normalized spacial score (nSPS) is 17.5. The van der Waals surface area contributed by atoms with Gasteiger partial charge in [0, 0.05) is 47.0 Å². The Hall–Kier alpha value is -5.47. The van der Waals surface area contributed by atoms with Crippen LogP contribution in [0.4, 0.5) is 17.6 Å². The Morgan fingerprint density at radius 1 is 0.804 bits per heavy atom. The molecule has 1 N–H and O–H groups in total. The molecule has 10 nitrogen and oxygen atoms in total. The van der Waals surface area contributed by atoms with Crippen LogP contribution >= 0.6 is 0 Å². The molecule has 4 heterocycles. The summed E-state index contributed by atoms with van der Waals surface area (Å²) in [5.74, 6) is 0.0417. The molecule has 0 radical (unpaired) electrons. The number of ether oxygens (including phenoxy) is 3. The van der Waals surface area contributed by atoms with Crippen LogP contribution in [-0.2, 0) is 22.7 Å². The van der Waals surface area contributed by atoms with E-state index in [-0.39, 0.29) is 35.1 Å². The molecule has 292 valence electrons. The Balaban J connectivity index is 1.11. The van der Waals surface area contributed by atoms with Crippen molar-refractivity contribution in [2.45, 2.75) is 84.9 Å². The molecular formula is C42H40F4N4O6. The minimum absolute atomic E-state index is 0.0701. The van der Waals surface area contributed by atoms with Gasteiger partial charge in [-0.05, 0) is 106 Å². The van der Waals surface area contributed by atoms with Crippen LogP contribution in [0.5, 0.6) is 11.5 Å². The summed E-state index contributed by atoms with van der Waals surface area (Å²) >= 11 is 0. The third-order valence-electron chi connectivity index (χ3n) is 10.8. The fourth-order valence-corrected chi connectivity index (χ4v) is 7.77. The third kappa shape index (κ3) is 7.55. The molecular weight excluding hydrogens is 732 g/mol. The minimum Gasteiger partial charge on any atom is -0.460 e. The summed E-state index contributed by atoms with van der Waals surface area (Å²) in [6.45, 7) is 1.71. The number of esters is 1. The number of benzene rings is 4. The molecule has 2 atom stereocenters. The van der Waals surface area contributed by atoms with E-state index in [0.29, 0.717) is 59.2 Å². The Morgan fingerprint density at radius 3 is 1.88 bits per heavy atom. The highest BCUT2D eigenvalue weighted by Crippen LogP contribution is 2.40. The number of fused-ring (bicyclic) bond motifs is 2. The summed E-state index contributed by atoms with van der Waals surface area (Å²) in [6, 6.07) is 17.5. The average Bonchev–Trinajstić information content (AvgIpc) is 3.99. The molecule has 0 spiro atoms. The van der Waals surface area contributed by atoms with E-state index in [4.69, 9.17) is 33.0 Å². The van der Waals surface area contributed by atoms with Crippen molar-refractivity contribution in [3.05, 3.63) is 82.9 Å². The molecule has 2 fully saturated rings. The fraction of sp³-hybridized carbons (Fsp3) is 0.357. The molecule has 56 heavy (non-hydrogen) atoms. The number of hydrogen-bond acceptors (Lipinski definition) is 10. The third-order valence-corrected chi connectivity index (χ3v) is 10.8. The summed E-state index contributed by atoms with van der Waals surface area (Å²) in [7, 11) is 0. The number of carbonyl (C=O) groups is 1. The highest BCUT2D eigenvalue weighted by Gasteiger charge is 2.26. The predicted molar refractivity (Wildman–Crippen MR) is 201 cm³/mol. The van der Waals surface area contributed by atoms with Crippen LogP contribution in [-0.4, -0.2) is 59.2 Å². The zero-order chi connectivity index (χ0) is 39.1. The molecule has 1 unspecified atom stereocenters. The molecule has 0 amide bonds. The second-order valence-corrected chi connectivity index (χ2v) is 14.3. The van der Waals surface area contributed by atoms with Crippen LogP contribution < -0.4 is 14.8 Å². The van der Waals surface area contributed by atoms with Gasteiger partial charge in [0.05, 0.1) is 0 Å². The molecule has 2 aromatic heterocycles. The van der Waals surface area contributed by atoms with E-state index in [0.717, 1.165) is 53.6 Å². The van der Waals surface area contributed by atoms with Crippen LogP contribution in [0.25, 0.3) is 56.2 Å². The SMILES string of the molecule is Cc1c(-c2nc3cc(COC(=O)[C@@H]4CCCN4)c(OC(F)F)cc3o2)cccc1-c1cccc(-c2nc3cc(CN4CCCC4C)c(OC(F)F)cc3o2)c1C. The number of alkyl halides is 4. The minimum atomic E-state index is -3.10. The van der Waals surface area contributed by atoms with Gasteiger partial charge in [-0.1, -0.05) is 24.3 Å². The largest absolute Gasteiger partial charge is 0.460 e. The zero-order valence-corrected chi connectivity index (χ0v) is 31.0. The van der Waals surface area contributed by atoms with Crippen molar-refractivity contribution >= 4 is 28.2 Å². The maximum Gasteiger partial charge on any atom is 0.387 e. The number of aromatic nitrogens is 2. The van der Waals surface area contributed by atoms with Crippen molar-refractivity contribution in [3.8, 4) is 45.5 Å². The van der Waals surface area contributed by atoms with Crippen molar-refractivity contribution in [2.75, 3.05) is 13.1 Å². The molecule has 0 bridgehead atoms. The second-order valence-electron chi connectivity index (χ2n) is 14.3. The monoisotopic (exact) mass is 772 g/mol. The van der Waals surface area contributed by atoms with E-state index in [2.05, 4.69) is 17.1 Å². The Morgan fingerprint density at radius 2 is 1.36 bits per heavy atom. The number of likely N-dealkylation sites (tertiary alicyclic amines) is 1. The molecule has 6 aromatic rings. The van der Waals surface area contributed by atoms with Crippen LogP contribution in [0.3, 0.4) is 0 Å². The topological polar surface area (TPSA) is 112 Å². The molecule has 2 aliphatic rings. The highest BCUT2D eigenvalue weighted by molar-refractivity contribution is 5.85. The van der Waals surface area contributed by atoms with Crippen LogP contribution in [0.1, 0.15) is 54.9 Å². The number of nitrogens with one attached hydrogen (secondary N) is 1. The van der Waals surface area contributed by atoms with Gasteiger partial charge in [-0.15, -0.1) is 0 Å². The predicted octanol–water partition coefficient (Wildman–Crippen LogP) is 9.57. The smallest absolute Gasteiger partial charge is 0.387 e. The lowest BCUT2D eigenvalue weighted by Gasteiger charge is -2.22. The van der Waals surface area contributed by atoms with Gasteiger partial charge < -0.3 is 28.4 Å². The fourth-order valence-electron chi connectivity index (χ4n) is 7.77. The van der Waals surface area contributed by atoms with Gasteiger partial charge in [0.2, 0.25) is 11.8 Å². The van der Waals surface area contributed by atoms with Crippen molar-refractivity contribution in [2.24, 2.45) is 0 Å². The van der Waals surface area contributed by atoms with E-state index in [1.807, 2.05) is 50.2 Å². The van der Waals surface area contributed by atoms with Gasteiger partial charge in [-0.25, -0.2) is 9.97 Å². The van der Waals surface area contributed by atoms with Crippen LogP contribution in [0.15, 0.2) is 69.5 Å². The van der Waals surface area contributed by atoms with E-state index < -0.39 is 25.2 Å². The molecule has 4 aromatic carbocycles. The van der Waals surface area contributed by atoms with Crippen molar-refractivity contribution in [3.63, 3.8) is 0 Å². The van der Waals surface area contributed by atoms with Gasteiger partial charge in [-0.2, -0.15) is 17.6 Å². The molecule has 8 rings (SSSR count). The molecule has 0 saturated carbocycles. The summed E-state index contributed by atoms with van der Waals surface area (Å²) < 4.78 is 81.3. The standard InChI is InChI=1S/C42H40F4N4O6/c1-22-8-7-15-50(22)20-25-16-32-36(18-34(25)55-41(43)44)53-38(48-32)29-11-4-9-27(23(29)2)28-10-5-12-30(24(28)3)39-49-33-17-26(21-52-40(51)31-13-6-14-47-31)35(56-42(45)46)19-37(33)54-39/h4-5,9-12,16-19,22,31,41-42,47H,6-8,13-15,20-21H2,1-3H3/t22?,31-/m0/s1. The van der Waals surface area contributed by atoms with Crippen molar-refractivity contribution in [1.82, 2.24) is 20.2 Å².